The monoisotopic (exact) mass is 277 g/mol. The smallest absolute Gasteiger partial charge is 0.200 e. The van der Waals surface area contributed by atoms with Crippen molar-refractivity contribution in [2.75, 3.05) is 14.2 Å². The maximum absolute atomic E-state index is 5.41. The fourth-order valence-electron chi connectivity index (χ4n) is 2.13. The molecule has 1 aliphatic rings. The second-order valence-corrected chi connectivity index (χ2v) is 4.92. The highest BCUT2D eigenvalue weighted by Gasteiger charge is 2.30. The van der Waals surface area contributed by atoms with Crippen LogP contribution in [0.1, 0.15) is 24.6 Å². The van der Waals surface area contributed by atoms with Gasteiger partial charge in [-0.2, -0.15) is 5.10 Å². The number of ether oxygens (including phenoxy) is 2. The van der Waals surface area contributed by atoms with Gasteiger partial charge < -0.3 is 9.47 Å². The van der Waals surface area contributed by atoms with Crippen molar-refractivity contribution in [2.45, 2.75) is 18.8 Å². The molecule has 0 spiro atoms. The number of nitrogens with one attached hydrogen (secondary N) is 1. The molecule has 0 saturated heterocycles. The first kappa shape index (κ1) is 12.2. The molecule has 0 atom stereocenters. The van der Waals surface area contributed by atoms with Gasteiger partial charge in [-0.1, -0.05) is 0 Å². The van der Waals surface area contributed by atoms with Crippen LogP contribution in [0.5, 0.6) is 11.5 Å². The molecular formula is C13H15N3O2S. The standard InChI is InChI=1S/C13H15N3O2S/c1-17-9-5-6-11(18-2)10(7-9)16-12(8-3-4-8)14-15-13(16)19/h5-8H,3-4H2,1-2H3,(H,15,19). The predicted molar refractivity (Wildman–Crippen MR) is 73.8 cm³/mol. The number of methoxy groups -OCH3 is 2. The van der Waals surface area contributed by atoms with E-state index in [0.29, 0.717) is 10.7 Å². The summed E-state index contributed by atoms with van der Waals surface area (Å²) < 4.78 is 13.2. The molecular weight excluding hydrogens is 262 g/mol. The Morgan fingerprint density at radius 2 is 2.11 bits per heavy atom. The zero-order valence-corrected chi connectivity index (χ0v) is 11.7. The first-order valence-corrected chi connectivity index (χ1v) is 6.55. The van der Waals surface area contributed by atoms with E-state index in [1.54, 1.807) is 14.2 Å². The van der Waals surface area contributed by atoms with Crippen LogP contribution in [0.15, 0.2) is 18.2 Å². The minimum Gasteiger partial charge on any atom is -0.497 e. The molecule has 1 fully saturated rings. The fourth-order valence-corrected chi connectivity index (χ4v) is 2.37. The normalized spacial score (nSPS) is 14.4. The Morgan fingerprint density at radius 3 is 2.74 bits per heavy atom. The van der Waals surface area contributed by atoms with Gasteiger partial charge in [0.15, 0.2) is 4.77 Å². The van der Waals surface area contributed by atoms with E-state index >= 15 is 0 Å². The summed E-state index contributed by atoms with van der Waals surface area (Å²) in [5, 5.41) is 7.20. The molecule has 0 amide bonds. The zero-order chi connectivity index (χ0) is 13.4. The number of aromatic nitrogens is 3. The van der Waals surface area contributed by atoms with Gasteiger partial charge in [0.25, 0.3) is 0 Å². The number of nitrogens with zero attached hydrogens (tertiary/aromatic N) is 2. The van der Waals surface area contributed by atoms with Crippen LogP contribution in [-0.2, 0) is 0 Å². The van der Waals surface area contributed by atoms with Crippen LogP contribution in [-0.4, -0.2) is 29.0 Å². The van der Waals surface area contributed by atoms with Gasteiger partial charge in [-0.05, 0) is 37.2 Å². The highest BCUT2D eigenvalue weighted by molar-refractivity contribution is 7.71. The van der Waals surface area contributed by atoms with Crippen molar-refractivity contribution in [2.24, 2.45) is 0 Å². The molecule has 0 radical (unpaired) electrons. The molecule has 1 saturated carbocycles. The summed E-state index contributed by atoms with van der Waals surface area (Å²) in [5.41, 5.74) is 0.863. The van der Waals surface area contributed by atoms with Crippen LogP contribution in [0.3, 0.4) is 0 Å². The van der Waals surface area contributed by atoms with E-state index in [4.69, 9.17) is 21.7 Å². The largest absolute Gasteiger partial charge is 0.497 e. The van der Waals surface area contributed by atoms with Gasteiger partial charge in [-0.15, -0.1) is 0 Å². The lowest BCUT2D eigenvalue weighted by Crippen LogP contribution is -2.03. The first-order chi connectivity index (χ1) is 9.24. The van der Waals surface area contributed by atoms with Crippen molar-refractivity contribution in [3.63, 3.8) is 0 Å². The summed E-state index contributed by atoms with van der Waals surface area (Å²) >= 11 is 5.34. The average molecular weight is 277 g/mol. The second kappa shape index (κ2) is 4.70. The molecule has 100 valence electrons. The topological polar surface area (TPSA) is 52.1 Å². The van der Waals surface area contributed by atoms with Crippen molar-refractivity contribution in [1.29, 1.82) is 0 Å². The molecule has 1 aromatic heterocycles. The summed E-state index contributed by atoms with van der Waals surface area (Å²) in [5.74, 6) is 2.97. The average Bonchev–Trinajstić information content (AvgIpc) is 3.21. The van der Waals surface area contributed by atoms with Crippen LogP contribution >= 0.6 is 12.2 Å². The highest BCUT2D eigenvalue weighted by Crippen LogP contribution is 2.41. The summed E-state index contributed by atoms with van der Waals surface area (Å²) in [4.78, 5) is 0. The van der Waals surface area contributed by atoms with E-state index in [9.17, 15) is 0 Å². The molecule has 2 aromatic rings. The minimum atomic E-state index is 0.490. The number of hydrogen-bond donors (Lipinski definition) is 1. The Kier molecular flexibility index (Phi) is 3.02. The summed E-state index contributed by atoms with van der Waals surface area (Å²) in [6.07, 6.45) is 2.32. The predicted octanol–water partition coefficient (Wildman–Crippen LogP) is 2.82. The van der Waals surface area contributed by atoms with Gasteiger partial charge in [0.1, 0.15) is 17.3 Å². The number of rotatable bonds is 4. The molecule has 6 heteroatoms. The minimum absolute atomic E-state index is 0.490. The SMILES string of the molecule is COc1ccc(OC)c(-n2c(C3CC3)n[nH]c2=S)c1. The second-order valence-electron chi connectivity index (χ2n) is 4.53. The summed E-state index contributed by atoms with van der Waals surface area (Å²) in [6, 6.07) is 5.65. The Labute approximate surface area is 116 Å². The van der Waals surface area contributed by atoms with Crippen molar-refractivity contribution in [1.82, 2.24) is 14.8 Å². The van der Waals surface area contributed by atoms with Crippen LogP contribution in [0.25, 0.3) is 5.69 Å². The third kappa shape index (κ3) is 2.12. The molecule has 1 N–H and O–H groups in total. The fraction of sp³-hybridized carbons (Fsp3) is 0.385. The lowest BCUT2D eigenvalue weighted by Gasteiger charge is -2.12. The Balaban J connectivity index is 2.20. The number of benzene rings is 1. The lowest BCUT2D eigenvalue weighted by atomic mass is 10.2. The van der Waals surface area contributed by atoms with Crippen molar-refractivity contribution < 1.29 is 9.47 Å². The molecule has 0 unspecified atom stereocenters. The van der Waals surface area contributed by atoms with Crippen LogP contribution in [0.4, 0.5) is 0 Å². The van der Waals surface area contributed by atoms with Crippen molar-refractivity contribution in [3.8, 4) is 17.2 Å². The van der Waals surface area contributed by atoms with E-state index in [0.717, 1.165) is 35.9 Å². The van der Waals surface area contributed by atoms with Gasteiger partial charge in [0, 0.05) is 12.0 Å². The maximum Gasteiger partial charge on any atom is 0.200 e. The van der Waals surface area contributed by atoms with Gasteiger partial charge in [0.2, 0.25) is 0 Å². The van der Waals surface area contributed by atoms with Crippen molar-refractivity contribution in [3.05, 3.63) is 28.8 Å². The molecule has 19 heavy (non-hydrogen) atoms. The molecule has 5 nitrogen and oxygen atoms in total. The molecule has 1 aliphatic carbocycles. The quantitative estimate of drug-likeness (QED) is 0.873. The van der Waals surface area contributed by atoms with Crippen LogP contribution < -0.4 is 9.47 Å². The molecule has 1 aromatic carbocycles. The van der Waals surface area contributed by atoms with E-state index in [-0.39, 0.29) is 0 Å². The summed E-state index contributed by atoms with van der Waals surface area (Å²) in [6.45, 7) is 0. The van der Waals surface area contributed by atoms with E-state index in [2.05, 4.69) is 10.2 Å². The molecule has 3 rings (SSSR count). The highest BCUT2D eigenvalue weighted by atomic mass is 32.1. The number of aromatic amines is 1. The Morgan fingerprint density at radius 1 is 1.32 bits per heavy atom. The van der Waals surface area contributed by atoms with Gasteiger partial charge in [-0.25, -0.2) is 0 Å². The zero-order valence-electron chi connectivity index (χ0n) is 10.8. The van der Waals surface area contributed by atoms with Gasteiger partial charge in [0.05, 0.1) is 19.9 Å². The first-order valence-electron chi connectivity index (χ1n) is 6.14. The van der Waals surface area contributed by atoms with E-state index in [1.165, 1.54) is 0 Å². The summed E-state index contributed by atoms with van der Waals surface area (Å²) in [7, 11) is 3.29. The lowest BCUT2D eigenvalue weighted by molar-refractivity contribution is 0.401. The maximum atomic E-state index is 5.41. The third-order valence-corrected chi connectivity index (χ3v) is 3.54. The Hall–Kier alpha value is -1.82. The van der Waals surface area contributed by atoms with Gasteiger partial charge in [-0.3, -0.25) is 9.67 Å². The number of hydrogen-bond acceptors (Lipinski definition) is 4. The van der Waals surface area contributed by atoms with E-state index in [1.807, 2.05) is 22.8 Å². The molecule has 0 aliphatic heterocycles. The third-order valence-electron chi connectivity index (χ3n) is 3.27. The Bertz CT molecular complexity index is 658. The van der Waals surface area contributed by atoms with Crippen LogP contribution in [0, 0.1) is 4.77 Å². The van der Waals surface area contributed by atoms with Crippen molar-refractivity contribution >= 4 is 12.2 Å². The van der Waals surface area contributed by atoms with Gasteiger partial charge >= 0.3 is 0 Å². The molecule has 1 heterocycles. The van der Waals surface area contributed by atoms with Crippen LogP contribution in [0.2, 0.25) is 0 Å². The number of H-pyrrole nitrogens is 1. The van der Waals surface area contributed by atoms with E-state index < -0.39 is 0 Å². The molecule has 0 bridgehead atoms.